The minimum absolute atomic E-state index is 0.0442. The number of nitrogens with one attached hydrogen (secondary N) is 1. The second-order valence-electron chi connectivity index (χ2n) is 5.67. The molecule has 0 spiro atoms. The lowest BCUT2D eigenvalue weighted by Gasteiger charge is -2.17. The Hall–Kier alpha value is -2.69. The van der Waals surface area contributed by atoms with Crippen LogP contribution in [0.25, 0.3) is 0 Å². The summed E-state index contributed by atoms with van der Waals surface area (Å²) in [6, 6.07) is 11.1. The molecule has 3 rings (SSSR count). The van der Waals surface area contributed by atoms with Gasteiger partial charge in [0.1, 0.15) is 5.75 Å². The Morgan fingerprint density at radius 1 is 1.00 bits per heavy atom. The van der Waals surface area contributed by atoms with E-state index >= 15 is 0 Å². The Bertz CT molecular complexity index is 757. The fraction of sp³-hybridized carbons (Fsp3) is 0.316. The van der Waals surface area contributed by atoms with Crippen molar-refractivity contribution in [2.45, 2.75) is 18.9 Å². The second-order valence-corrected chi connectivity index (χ2v) is 5.67. The van der Waals surface area contributed by atoms with Gasteiger partial charge in [-0.1, -0.05) is 12.1 Å². The first-order valence-corrected chi connectivity index (χ1v) is 7.86. The first-order valence-electron chi connectivity index (χ1n) is 7.86. The molecule has 2 aromatic carbocycles. The summed E-state index contributed by atoms with van der Waals surface area (Å²) >= 11 is 0. The lowest BCUT2D eigenvalue weighted by Crippen LogP contribution is -2.27. The van der Waals surface area contributed by atoms with Gasteiger partial charge >= 0.3 is 0 Å². The fourth-order valence-electron chi connectivity index (χ4n) is 3.15. The average Bonchev–Trinajstić information content (AvgIpc) is 3.02. The monoisotopic (exact) mass is 327 g/mol. The van der Waals surface area contributed by atoms with Crippen LogP contribution in [0.1, 0.15) is 33.9 Å². The van der Waals surface area contributed by atoms with Crippen LogP contribution in [0.4, 0.5) is 0 Å². The molecule has 1 atom stereocenters. The Labute approximate surface area is 141 Å². The van der Waals surface area contributed by atoms with Crippen LogP contribution >= 0.6 is 0 Å². The topological polar surface area (TPSA) is 56.8 Å². The van der Waals surface area contributed by atoms with Gasteiger partial charge in [0, 0.05) is 0 Å². The summed E-state index contributed by atoms with van der Waals surface area (Å²) in [5.41, 5.74) is 2.79. The number of fused-ring (bicyclic) bond motifs is 1. The highest BCUT2D eigenvalue weighted by molar-refractivity contribution is 5.97. The number of amides is 1. The standard InChI is InChI=1S/C19H21NO4/c1-22-16-7-5-4-6-13(16)19(21)20-15-9-8-12-10-17(23-2)18(24-3)11-14(12)15/h4-7,10-11,15H,8-9H2,1-3H3,(H,20,21). The summed E-state index contributed by atoms with van der Waals surface area (Å²) in [6.07, 6.45) is 1.75. The van der Waals surface area contributed by atoms with Crippen LogP contribution in [0.2, 0.25) is 0 Å². The number of carbonyl (C=O) groups is 1. The van der Waals surface area contributed by atoms with E-state index in [0.717, 1.165) is 18.4 Å². The third-order valence-electron chi connectivity index (χ3n) is 4.38. The number of benzene rings is 2. The van der Waals surface area contributed by atoms with Crippen molar-refractivity contribution in [2.24, 2.45) is 0 Å². The molecule has 1 amide bonds. The Morgan fingerprint density at radius 3 is 2.38 bits per heavy atom. The largest absolute Gasteiger partial charge is 0.496 e. The zero-order valence-electron chi connectivity index (χ0n) is 14.1. The number of carbonyl (C=O) groups excluding carboxylic acids is 1. The maximum Gasteiger partial charge on any atom is 0.255 e. The summed E-state index contributed by atoms with van der Waals surface area (Å²) in [5.74, 6) is 1.82. The predicted octanol–water partition coefficient (Wildman–Crippen LogP) is 3.13. The first kappa shape index (κ1) is 16.2. The third kappa shape index (κ3) is 2.89. The van der Waals surface area contributed by atoms with Crippen LogP contribution in [0, 0.1) is 0 Å². The molecule has 1 unspecified atom stereocenters. The van der Waals surface area contributed by atoms with Crippen molar-refractivity contribution < 1.29 is 19.0 Å². The van der Waals surface area contributed by atoms with Gasteiger partial charge in [0.05, 0.1) is 32.9 Å². The van der Waals surface area contributed by atoms with E-state index in [9.17, 15) is 4.79 Å². The summed E-state index contributed by atoms with van der Waals surface area (Å²) in [5, 5.41) is 3.10. The molecule has 0 bridgehead atoms. The average molecular weight is 327 g/mol. The molecule has 1 aliphatic carbocycles. The first-order chi connectivity index (χ1) is 11.7. The highest BCUT2D eigenvalue weighted by atomic mass is 16.5. The molecule has 126 valence electrons. The third-order valence-corrected chi connectivity index (χ3v) is 4.38. The van der Waals surface area contributed by atoms with E-state index in [4.69, 9.17) is 14.2 Å². The van der Waals surface area contributed by atoms with Gasteiger partial charge in [-0.2, -0.15) is 0 Å². The van der Waals surface area contributed by atoms with Crippen LogP contribution in [0.5, 0.6) is 17.2 Å². The molecule has 0 saturated carbocycles. The van der Waals surface area contributed by atoms with Gasteiger partial charge < -0.3 is 19.5 Å². The van der Waals surface area contributed by atoms with Crippen LogP contribution in [-0.2, 0) is 6.42 Å². The lowest BCUT2D eigenvalue weighted by atomic mass is 10.1. The van der Waals surface area contributed by atoms with Crippen molar-refractivity contribution in [3.05, 3.63) is 53.1 Å². The maximum atomic E-state index is 12.6. The second kappa shape index (κ2) is 6.83. The van der Waals surface area contributed by atoms with Gasteiger partial charge in [-0.15, -0.1) is 0 Å². The smallest absolute Gasteiger partial charge is 0.255 e. The molecule has 0 aromatic heterocycles. The van der Waals surface area contributed by atoms with E-state index in [1.807, 2.05) is 24.3 Å². The highest BCUT2D eigenvalue weighted by Crippen LogP contribution is 2.39. The number of para-hydroxylation sites is 1. The summed E-state index contributed by atoms with van der Waals surface area (Å²) in [4.78, 5) is 12.6. The van der Waals surface area contributed by atoms with Crippen LogP contribution in [0.3, 0.4) is 0 Å². The van der Waals surface area contributed by atoms with Gasteiger partial charge in [0.2, 0.25) is 0 Å². The quantitative estimate of drug-likeness (QED) is 0.917. The van der Waals surface area contributed by atoms with Crippen molar-refractivity contribution >= 4 is 5.91 Å². The van der Waals surface area contributed by atoms with Crippen LogP contribution in [-0.4, -0.2) is 27.2 Å². The molecule has 24 heavy (non-hydrogen) atoms. The van der Waals surface area contributed by atoms with E-state index in [0.29, 0.717) is 22.8 Å². The van der Waals surface area contributed by atoms with E-state index < -0.39 is 0 Å². The van der Waals surface area contributed by atoms with E-state index in [1.54, 1.807) is 33.5 Å². The van der Waals surface area contributed by atoms with Crippen LogP contribution < -0.4 is 19.5 Å². The predicted molar refractivity (Wildman–Crippen MR) is 91.1 cm³/mol. The summed E-state index contributed by atoms with van der Waals surface area (Å²) < 4.78 is 16.0. The van der Waals surface area contributed by atoms with Crippen molar-refractivity contribution in [3.8, 4) is 17.2 Å². The van der Waals surface area contributed by atoms with Crippen LogP contribution in [0.15, 0.2) is 36.4 Å². The Morgan fingerprint density at radius 2 is 1.67 bits per heavy atom. The van der Waals surface area contributed by atoms with E-state index in [-0.39, 0.29) is 11.9 Å². The van der Waals surface area contributed by atoms with Gasteiger partial charge in [-0.05, 0) is 48.2 Å². The molecular formula is C19H21NO4. The number of hydrogen-bond donors (Lipinski definition) is 1. The number of aryl methyl sites for hydroxylation is 1. The normalized spacial score (nSPS) is 15.5. The number of hydrogen-bond acceptors (Lipinski definition) is 4. The van der Waals surface area contributed by atoms with Gasteiger partial charge in [-0.3, -0.25) is 4.79 Å². The molecule has 0 heterocycles. The van der Waals surface area contributed by atoms with Crippen molar-refractivity contribution in [2.75, 3.05) is 21.3 Å². The molecule has 1 aliphatic rings. The number of ether oxygens (including phenoxy) is 3. The Balaban J connectivity index is 1.85. The number of rotatable bonds is 5. The van der Waals surface area contributed by atoms with Crippen molar-refractivity contribution in [1.29, 1.82) is 0 Å². The van der Waals surface area contributed by atoms with Gasteiger partial charge in [0.15, 0.2) is 11.5 Å². The Kier molecular flexibility index (Phi) is 4.60. The maximum absolute atomic E-state index is 12.6. The SMILES string of the molecule is COc1cc2c(cc1OC)C(NC(=O)c1ccccc1OC)CC2. The minimum atomic E-state index is -0.139. The molecule has 5 nitrogen and oxygen atoms in total. The summed E-state index contributed by atoms with van der Waals surface area (Å²) in [7, 11) is 4.80. The zero-order valence-corrected chi connectivity index (χ0v) is 14.1. The highest BCUT2D eigenvalue weighted by Gasteiger charge is 2.27. The van der Waals surface area contributed by atoms with E-state index in [2.05, 4.69) is 5.32 Å². The zero-order chi connectivity index (χ0) is 17.1. The molecule has 5 heteroatoms. The van der Waals surface area contributed by atoms with E-state index in [1.165, 1.54) is 5.56 Å². The van der Waals surface area contributed by atoms with Gasteiger partial charge in [-0.25, -0.2) is 0 Å². The molecule has 0 fully saturated rings. The molecule has 0 saturated heterocycles. The minimum Gasteiger partial charge on any atom is -0.496 e. The fourth-order valence-corrected chi connectivity index (χ4v) is 3.15. The summed E-state index contributed by atoms with van der Waals surface area (Å²) in [6.45, 7) is 0. The lowest BCUT2D eigenvalue weighted by molar-refractivity contribution is 0.0933. The van der Waals surface area contributed by atoms with Crippen molar-refractivity contribution in [3.63, 3.8) is 0 Å². The molecule has 1 N–H and O–H groups in total. The van der Waals surface area contributed by atoms with Crippen molar-refractivity contribution in [1.82, 2.24) is 5.32 Å². The van der Waals surface area contributed by atoms with Gasteiger partial charge in [0.25, 0.3) is 5.91 Å². The number of methoxy groups -OCH3 is 3. The molecular weight excluding hydrogens is 306 g/mol. The molecule has 2 aromatic rings. The molecule has 0 aliphatic heterocycles. The molecule has 0 radical (unpaired) electrons.